The molecular formula is C20H20N4O4. The van der Waals surface area contributed by atoms with Crippen molar-refractivity contribution in [1.29, 1.82) is 0 Å². The quantitative estimate of drug-likeness (QED) is 0.871. The largest absolute Gasteiger partial charge is 0.448 e. The van der Waals surface area contributed by atoms with Crippen molar-refractivity contribution < 1.29 is 19.1 Å². The third-order valence-corrected chi connectivity index (χ3v) is 4.90. The van der Waals surface area contributed by atoms with E-state index in [-0.39, 0.29) is 18.4 Å². The number of hydrogen-bond acceptors (Lipinski definition) is 5. The van der Waals surface area contributed by atoms with Crippen LogP contribution >= 0.6 is 0 Å². The minimum atomic E-state index is -0.440. The molecule has 8 nitrogen and oxygen atoms in total. The number of fused-ring (bicyclic) bond motifs is 1. The molecule has 8 heteroatoms. The highest BCUT2D eigenvalue weighted by atomic mass is 16.6. The lowest BCUT2D eigenvalue weighted by Crippen LogP contribution is -2.43. The van der Waals surface area contributed by atoms with E-state index in [1.54, 1.807) is 29.3 Å². The van der Waals surface area contributed by atoms with Crippen molar-refractivity contribution in [1.82, 2.24) is 14.8 Å². The summed E-state index contributed by atoms with van der Waals surface area (Å²) in [5, 5.41) is 2.84. The first-order valence-corrected chi connectivity index (χ1v) is 9.14. The average molecular weight is 380 g/mol. The Morgan fingerprint density at radius 3 is 2.79 bits per heavy atom. The monoisotopic (exact) mass is 380 g/mol. The minimum Gasteiger partial charge on any atom is -0.448 e. The molecule has 0 unspecified atom stereocenters. The number of ether oxygens (including phenoxy) is 1. The molecule has 0 bridgehead atoms. The predicted octanol–water partition coefficient (Wildman–Crippen LogP) is 1.67. The number of hydrogen-bond donors (Lipinski definition) is 1. The summed E-state index contributed by atoms with van der Waals surface area (Å²) >= 11 is 0. The number of amides is 3. The van der Waals surface area contributed by atoms with E-state index in [2.05, 4.69) is 10.3 Å². The van der Waals surface area contributed by atoms with Crippen LogP contribution in [0.4, 0.5) is 10.5 Å². The first-order chi connectivity index (χ1) is 13.6. The maximum atomic E-state index is 12.6. The van der Waals surface area contributed by atoms with E-state index >= 15 is 0 Å². The summed E-state index contributed by atoms with van der Waals surface area (Å²) in [6.07, 6.45) is 1.87. The van der Waals surface area contributed by atoms with Crippen molar-refractivity contribution in [2.45, 2.75) is 13.0 Å². The van der Waals surface area contributed by atoms with Gasteiger partial charge in [-0.3, -0.25) is 19.5 Å². The van der Waals surface area contributed by atoms with Crippen molar-refractivity contribution in [2.75, 3.05) is 31.6 Å². The standard InChI is InChI=1S/C20H20N4O4/c25-18(13-24-9-10-28-20(24)27)23-8-6-14-4-5-16(11-15(14)12-23)22-19(26)17-3-1-2-7-21-17/h1-5,7,11H,6,8-10,12-13H2,(H,22,26). The normalized spacial score (nSPS) is 15.8. The Bertz CT molecular complexity index is 916. The lowest BCUT2D eigenvalue weighted by Gasteiger charge is -2.30. The molecule has 4 rings (SSSR count). The first kappa shape index (κ1) is 18.0. The van der Waals surface area contributed by atoms with Gasteiger partial charge in [0.25, 0.3) is 5.91 Å². The Morgan fingerprint density at radius 1 is 1.14 bits per heavy atom. The number of anilines is 1. The van der Waals surface area contributed by atoms with E-state index in [0.29, 0.717) is 37.6 Å². The molecule has 1 saturated heterocycles. The maximum Gasteiger partial charge on any atom is 0.410 e. The Labute approximate surface area is 162 Å². The summed E-state index contributed by atoms with van der Waals surface area (Å²) in [5.41, 5.74) is 3.14. The van der Waals surface area contributed by atoms with Crippen LogP contribution in [-0.2, 0) is 22.5 Å². The van der Waals surface area contributed by atoms with Crippen molar-refractivity contribution in [2.24, 2.45) is 0 Å². The predicted molar refractivity (Wildman–Crippen MR) is 101 cm³/mol. The molecule has 0 aliphatic carbocycles. The molecule has 0 atom stereocenters. The Balaban J connectivity index is 1.43. The first-order valence-electron chi connectivity index (χ1n) is 9.14. The molecule has 2 aliphatic heterocycles. The smallest absolute Gasteiger partial charge is 0.410 e. The van der Waals surface area contributed by atoms with Gasteiger partial charge in [-0.05, 0) is 41.8 Å². The van der Waals surface area contributed by atoms with Gasteiger partial charge in [-0.2, -0.15) is 0 Å². The fourth-order valence-corrected chi connectivity index (χ4v) is 3.37. The lowest BCUT2D eigenvalue weighted by atomic mass is 9.99. The van der Waals surface area contributed by atoms with E-state index < -0.39 is 6.09 Å². The molecule has 0 spiro atoms. The van der Waals surface area contributed by atoms with E-state index in [1.807, 2.05) is 18.2 Å². The average Bonchev–Trinajstić information content (AvgIpc) is 3.12. The van der Waals surface area contributed by atoms with E-state index in [0.717, 1.165) is 17.5 Å². The van der Waals surface area contributed by atoms with E-state index in [4.69, 9.17) is 4.74 Å². The second kappa shape index (κ2) is 7.67. The number of carbonyl (C=O) groups excluding carboxylic acids is 3. The van der Waals surface area contributed by atoms with Gasteiger partial charge in [0.15, 0.2) is 0 Å². The summed E-state index contributed by atoms with van der Waals surface area (Å²) in [6, 6.07) is 10.9. The zero-order chi connectivity index (χ0) is 19.5. The van der Waals surface area contributed by atoms with Crippen LogP contribution in [0.5, 0.6) is 0 Å². The highest BCUT2D eigenvalue weighted by Gasteiger charge is 2.28. The van der Waals surface area contributed by atoms with Crippen LogP contribution in [0.15, 0.2) is 42.6 Å². The van der Waals surface area contributed by atoms with Gasteiger partial charge >= 0.3 is 6.09 Å². The molecule has 1 fully saturated rings. The second-order valence-electron chi connectivity index (χ2n) is 6.75. The van der Waals surface area contributed by atoms with E-state index in [9.17, 15) is 14.4 Å². The molecule has 144 valence electrons. The molecule has 3 heterocycles. The molecular weight excluding hydrogens is 360 g/mol. The number of nitrogens with one attached hydrogen (secondary N) is 1. The summed E-state index contributed by atoms with van der Waals surface area (Å²) in [6.45, 7) is 1.86. The molecule has 2 aliphatic rings. The molecule has 2 aromatic rings. The number of aromatic nitrogens is 1. The van der Waals surface area contributed by atoms with Crippen LogP contribution in [0.2, 0.25) is 0 Å². The Morgan fingerprint density at radius 2 is 2.04 bits per heavy atom. The maximum absolute atomic E-state index is 12.6. The van der Waals surface area contributed by atoms with Crippen LogP contribution in [0.3, 0.4) is 0 Å². The minimum absolute atomic E-state index is 0.0320. The van der Waals surface area contributed by atoms with Gasteiger partial charge < -0.3 is 15.0 Å². The van der Waals surface area contributed by atoms with Crippen LogP contribution in [0.1, 0.15) is 21.6 Å². The highest BCUT2D eigenvalue weighted by molar-refractivity contribution is 6.02. The second-order valence-corrected chi connectivity index (χ2v) is 6.75. The number of pyridine rings is 1. The van der Waals surface area contributed by atoms with Crippen molar-refractivity contribution in [3.05, 3.63) is 59.4 Å². The van der Waals surface area contributed by atoms with Crippen molar-refractivity contribution >= 4 is 23.6 Å². The van der Waals surface area contributed by atoms with Gasteiger partial charge in [-0.15, -0.1) is 0 Å². The summed E-state index contributed by atoms with van der Waals surface area (Å²) in [7, 11) is 0. The number of nitrogens with zero attached hydrogens (tertiary/aromatic N) is 3. The molecule has 1 aromatic heterocycles. The Hall–Kier alpha value is -3.42. The lowest BCUT2D eigenvalue weighted by molar-refractivity contribution is -0.132. The third kappa shape index (κ3) is 3.80. The molecule has 28 heavy (non-hydrogen) atoms. The SMILES string of the molecule is O=C(Nc1ccc2c(c1)CN(C(=O)CN1CCOC1=O)CC2)c1ccccn1. The molecule has 1 aromatic carbocycles. The van der Waals surface area contributed by atoms with Gasteiger partial charge in [-0.1, -0.05) is 12.1 Å². The van der Waals surface area contributed by atoms with Gasteiger partial charge in [0.1, 0.15) is 18.8 Å². The zero-order valence-electron chi connectivity index (χ0n) is 15.3. The Kier molecular flexibility index (Phi) is 4.92. The fraction of sp³-hybridized carbons (Fsp3) is 0.300. The highest BCUT2D eigenvalue weighted by Crippen LogP contribution is 2.23. The van der Waals surface area contributed by atoms with Crippen molar-refractivity contribution in [3.8, 4) is 0 Å². The van der Waals surface area contributed by atoms with Crippen LogP contribution in [0, 0.1) is 0 Å². The topological polar surface area (TPSA) is 91.8 Å². The molecule has 3 amide bonds. The third-order valence-electron chi connectivity index (χ3n) is 4.90. The van der Waals surface area contributed by atoms with Gasteiger partial charge in [0.05, 0.1) is 6.54 Å². The van der Waals surface area contributed by atoms with Gasteiger partial charge in [-0.25, -0.2) is 4.79 Å². The summed E-state index contributed by atoms with van der Waals surface area (Å²) in [4.78, 5) is 43.6. The van der Waals surface area contributed by atoms with Crippen molar-refractivity contribution in [3.63, 3.8) is 0 Å². The van der Waals surface area contributed by atoms with Crippen LogP contribution in [-0.4, -0.2) is 58.9 Å². The van der Waals surface area contributed by atoms with Crippen LogP contribution in [0.25, 0.3) is 0 Å². The van der Waals surface area contributed by atoms with Crippen LogP contribution < -0.4 is 5.32 Å². The molecule has 1 N–H and O–H groups in total. The summed E-state index contributed by atoms with van der Waals surface area (Å²) in [5.74, 6) is -0.385. The molecule has 0 saturated carbocycles. The fourth-order valence-electron chi connectivity index (χ4n) is 3.37. The zero-order valence-corrected chi connectivity index (χ0v) is 15.3. The van der Waals surface area contributed by atoms with E-state index in [1.165, 1.54) is 4.90 Å². The number of benzene rings is 1. The molecule has 0 radical (unpaired) electrons. The number of rotatable bonds is 4. The number of carbonyl (C=O) groups is 3. The number of cyclic esters (lactones) is 1. The van der Waals surface area contributed by atoms with Gasteiger partial charge in [0.2, 0.25) is 5.91 Å². The summed E-state index contributed by atoms with van der Waals surface area (Å²) < 4.78 is 4.87. The van der Waals surface area contributed by atoms with Gasteiger partial charge in [0, 0.05) is 25.0 Å².